The number of esters is 2. The summed E-state index contributed by atoms with van der Waals surface area (Å²) in [6.07, 6.45) is 3.11. The summed E-state index contributed by atoms with van der Waals surface area (Å²) in [7, 11) is 2.44. The van der Waals surface area contributed by atoms with Crippen molar-refractivity contribution in [2.45, 2.75) is 5.92 Å². The summed E-state index contributed by atoms with van der Waals surface area (Å²) in [6.45, 7) is 0. The third kappa shape index (κ3) is 2.52. The number of benzene rings is 1. The zero-order valence-corrected chi connectivity index (χ0v) is 10.5. The van der Waals surface area contributed by atoms with Crippen LogP contribution in [0.4, 0.5) is 0 Å². The standard InChI is InChI=1S/C13H12N2O4/c1-18-12(16)11(13(17)19-2)8-3-4-9-10(7-8)15-6-5-14-9/h3-7,11H,1-2H3. The molecule has 0 saturated heterocycles. The number of carbonyl (C=O) groups excluding carboxylic acids is 2. The highest BCUT2D eigenvalue weighted by Crippen LogP contribution is 2.22. The molecule has 6 nitrogen and oxygen atoms in total. The van der Waals surface area contributed by atoms with Gasteiger partial charge < -0.3 is 9.47 Å². The molecule has 0 aliphatic heterocycles. The molecule has 0 unspecified atom stereocenters. The van der Waals surface area contributed by atoms with Crippen LogP contribution < -0.4 is 0 Å². The molecule has 0 bridgehead atoms. The molecule has 0 spiro atoms. The minimum atomic E-state index is -1.11. The lowest BCUT2D eigenvalue weighted by Crippen LogP contribution is -2.24. The minimum absolute atomic E-state index is 0.465. The molecular weight excluding hydrogens is 248 g/mol. The SMILES string of the molecule is COC(=O)C(C(=O)OC)c1ccc2nccnc2c1. The molecule has 0 aliphatic rings. The van der Waals surface area contributed by atoms with Crippen molar-refractivity contribution in [2.24, 2.45) is 0 Å². The smallest absolute Gasteiger partial charge is 0.324 e. The van der Waals surface area contributed by atoms with Gasteiger partial charge in [-0.3, -0.25) is 19.6 Å². The van der Waals surface area contributed by atoms with E-state index in [1.807, 2.05) is 0 Å². The third-order valence-corrected chi connectivity index (χ3v) is 2.70. The van der Waals surface area contributed by atoms with Crippen molar-refractivity contribution in [3.63, 3.8) is 0 Å². The van der Waals surface area contributed by atoms with Gasteiger partial charge in [0.25, 0.3) is 0 Å². The van der Waals surface area contributed by atoms with E-state index in [0.717, 1.165) is 0 Å². The summed E-state index contributed by atoms with van der Waals surface area (Å²) in [5.41, 5.74) is 1.74. The molecule has 6 heteroatoms. The second-order valence-corrected chi connectivity index (χ2v) is 3.78. The fourth-order valence-electron chi connectivity index (χ4n) is 1.76. The zero-order valence-electron chi connectivity index (χ0n) is 10.5. The number of hydrogen-bond acceptors (Lipinski definition) is 6. The zero-order chi connectivity index (χ0) is 13.8. The summed E-state index contributed by atoms with van der Waals surface area (Å²) >= 11 is 0. The molecule has 2 rings (SSSR count). The Kier molecular flexibility index (Phi) is 3.70. The summed E-state index contributed by atoms with van der Waals surface area (Å²) in [4.78, 5) is 31.6. The Morgan fingerprint density at radius 1 is 1.00 bits per heavy atom. The van der Waals surface area contributed by atoms with Crippen molar-refractivity contribution in [2.75, 3.05) is 14.2 Å². The molecule has 0 fully saturated rings. The predicted octanol–water partition coefficient (Wildman–Crippen LogP) is 1.06. The quantitative estimate of drug-likeness (QED) is 0.606. The number of aromatic nitrogens is 2. The molecule has 0 aliphatic carbocycles. The van der Waals surface area contributed by atoms with E-state index in [-0.39, 0.29) is 0 Å². The average Bonchev–Trinajstić information content (AvgIpc) is 2.46. The van der Waals surface area contributed by atoms with Gasteiger partial charge in [0.1, 0.15) is 0 Å². The number of carbonyl (C=O) groups is 2. The van der Waals surface area contributed by atoms with Crippen LogP contribution in [0.1, 0.15) is 11.5 Å². The number of fused-ring (bicyclic) bond motifs is 1. The van der Waals surface area contributed by atoms with Crippen molar-refractivity contribution in [1.29, 1.82) is 0 Å². The van der Waals surface area contributed by atoms with E-state index in [1.54, 1.807) is 24.4 Å². The lowest BCUT2D eigenvalue weighted by molar-refractivity contribution is -0.154. The van der Waals surface area contributed by atoms with Gasteiger partial charge in [-0.1, -0.05) is 6.07 Å². The maximum absolute atomic E-state index is 11.7. The first-order valence-electron chi connectivity index (χ1n) is 5.53. The molecule has 1 heterocycles. The maximum Gasteiger partial charge on any atom is 0.324 e. The van der Waals surface area contributed by atoms with Gasteiger partial charge in [0.15, 0.2) is 5.92 Å². The van der Waals surface area contributed by atoms with Crippen molar-refractivity contribution >= 4 is 23.0 Å². The lowest BCUT2D eigenvalue weighted by Gasteiger charge is -2.12. The molecule has 1 aromatic heterocycles. The Hall–Kier alpha value is -2.50. The lowest BCUT2D eigenvalue weighted by atomic mass is 9.99. The molecule has 98 valence electrons. The van der Waals surface area contributed by atoms with Crippen molar-refractivity contribution < 1.29 is 19.1 Å². The van der Waals surface area contributed by atoms with E-state index in [4.69, 9.17) is 0 Å². The van der Waals surface area contributed by atoms with Crippen LogP contribution in [-0.2, 0) is 19.1 Å². The summed E-state index contributed by atoms with van der Waals surface area (Å²) < 4.78 is 9.25. The van der Waals surface area contributed by atoms with Crippen molar-refractivity contribution in [3.8, 4) is 0 Å². The maximum atomic E-state index is 11.7. The molecular formula is C13H12N2O4. The molecule has 0 atom stereocenters. The largest absolute Gasteiger partial charge is 0.468 e. The van der Waals surface area contributed by atoms with Crippen LogP contribution in [0, 0.1) is 0 Å². The number of methoxy groups -OCH3 is 2. The van der Waals surface area contributed by atoms with Gasteiger partial charge in [-0.05, 0) is 17.7 Å². The predicted molar refractivity (Wildman–Crippen MR) is 66.3 cm³/mol. The summed E-state index contributed by atoms with van der Waals surface area (Å²) in [5.74, 6) is -2.45. The number of ether oxygens (including phenoxy) is 2. The van der Waals surface area contributed by atoms with Gasteiger partial charge in [-0.15, -0.1) is 0 Å². The van der Waals surface area contributed by atoms with E-state index in [1.165, 1.54) is 20.4 Å². The van der Waals surface area contributed by atoms with Gasteiger partial charge in [0.2, 0.25) is 0 Å². The fourth-order valence-corrected chi connectivity index (χ4v) is 1.76. The summed E-state index contributed by atoms with van der Waals surface area (Å²) in [6, 6.07) is 4.95. The first-order chi connectivity index (χ1) is 9.17. The van der Waals surface area contributed by atoms with Crippen molar-refractivity contribution in [3.05, 3.63) is 36.2 Å². The number of rotatable bonds is 3. The molecule has 0 N–H and O–H groups in total. The van der Waals surface area contributed by atoms with Crippen LogP contribution in [0.25, 0.3) is 11.0 Å². The van der Waals surface area contributed by atoms with E-state index < -0.39 is 17.9 Å². The number of nitrogens with zero attached hydrogens (tertiary/aromatic N) is 2. The molecule has 1 aromatic carbocycles. The highest BCUT2D eigenvalue weighted by Gasteiger charge is 2.30. The van der Waals surface area contributed by atoms with Gasteiger partial charge in [-0.2, -0.15) is 0 Å². The number of hydrogen-bond donors (Lipinski definition) is 0. The van der Waals surface area contributed by atoms with Crippen LogP contribution >= 0.6 is 0 Å². The Morgan fingerprint density at radius 3 is 2.16 bits per heavy atom. The molecule has 0 radical (unpaired) electrons. The second-order valence-electron chi connectivity index (χ2n) is 3.78. The average molecular weight is 260 g/mol. The second kappa shape index (κ2) is 5.43. The Labute approximate surface area is 109 Å². The normalized spacial score (nSPS) is 10.5. The molecule has 19 heavy (non-hydrogen) atoms. The first kappa shape index (κ1) is 12.9. The topological polar surface area (TPSA) is 78.4 Å². The van der Waals surface area contributed by atoms with E-state index >= 15 is 0 Å². The highest BCUT2D eigenvalue weighted by molar-refractivity contribution is 6.01. The van der Waals surface area contributed by atoms with Crippen LogP contribution in [0.5, 0.6) is 0 Å². The van der Waals surface area contributed by atoms with E-state index in [2.05, 4.69) is 19.4 Å². The van der Waals surface area contributed by atoms with Crippen LogP contribution in [0.2, 0.25) is 0 Å². The third-order valence-electron chi connectivity index (χ3n) is 2.70. The van der Waals surface area contributed by atoms with Crippen LogP contribution in [-0.4, -0.2) is 36.1 Å². The monoisotopic (exact) mass is 260 g/mol. The Bertz CT molecular complexity index is 611. The van der Waals surface area contributed by atoms with Gasteiger partial charge in [0, 0.05) is 12.4 Å². The van der Waals surface area contributed by atoms with Crippen LogP contribution in [0.3, 0.4) is 0 Å². The van der Waals surface area contributed by atoms with Gasteiger partial charge >= 0.3 is 11.9 Å². The highest BCUT2D eigenvalue weighted by atomic mass is 16.5. The fraction of sp³-hybridized carbons (Fsp3) is 0.231. The molecule has 0 saturated carbocycles. The first-order valence-corrected chi connectivity index (χ1v) is 5.53. The molecule has 2 aromatic rings. The van der Waals surface area contributed by atoms with Gasteiger partial charge in [-0.25, -0.2) is 0 Å². The van der Waals surface area contributed by atoms with Crippen LogP contribution in [0.15, 0.2) is 30.6 Å². The van der Waals surface area contributed by atoms with Crippen molar-refractivity contribution in [1.82, 2.24) is 9.97 Å². The van der Waals surface area contributed by atoms with Gasteiger partial charge in [0.05, 0.1) is 25.3 Å². The van der Waals surface area contributed by atoms with E-state index in [0.29, 0.717) is 16.6 Å². The summed E-state index contributed by atoms with van der Waals surface area (Å²) in [5, 5.41) is 0. The van der Waals surface area contributed by atoms with E-state index in [9.17, 15) is 9.59 Å². The minimum Gasteiger partial charge on any atom is -0.468 e. The molecule has 0 amide bonds. The Balaban J connectivity index is 2.49. The Morgan fingerprint density at radius 2 is 1.58 bits per heavy atom.